The number of hydrogen-bond donors (Lipinski definition) is 1. The highest BCUT2D eigenvalue weighted by Gasteiger charge is 2.17. The van der Waals surface area contributed by atoms with E-state index in [4.69, 9.17) is 4.74 Å². The zero-order chi connectivity index (χ0) is 16.7. The van der Waals surface area contributed by atoms with E-state index in [1.807, 2.05) is 42.3 Å². The molecule has 1 aromatic heterocycles. The summed E-state index contributed by atoms with van der Waals surface area (Å²) < 4.78 is 5.40. The molecule has 23 heavy (non-hydrogen) atoms. The van der Waals surface area contributed by atoms with E-state index in [0.717, 1.165) is 17.7 Å². The Bertz CT molecular complexity index is 613. The highest BCUT2D eigenvalue weighted by atomic mass is 32.1. The molecule has 0 unspecified atom stereocenters. The number of benzene rings is 1. The standard InChI is InChI=1S/C18H24N2O2S/c1-14(16-8-4-5-9-17(16)22-3)20(2)13-18(21)19-11-10-15-7-6-12-23-15/h4-9,12,14H,10-11,13H2,1-3H3,(H,19,21)/t14-/m1/s1. The fraction of sp³-hybridized carbons (Fsp3) is 0.389. The SMILES string of the molecule is COc1ccccc1[C@@H](C)N(C)CC(=O)NCCc1cccs1. The lowest BCUT2D eigenvalue weighted by molar-refractivity contribution is -0.122. The van der Waals surface area contributed by atoms with Gasteiger partial charge in [-0.25, -0.2) is 0 Å². The topological polar surface area (TPSA) is 41.6 Å². The number of likely N-dealkylation sites (N-methyl/N-ethyl adjacent to an activating group) is 1. The van der Waals surface area contributed by atoms with Crippen LogP contribution in [0, 0.1) is 0 Å². The first-order valence-electron chi connectivity index (χ1n) is 7.74. The maximum absolute atomic E-state index is 12.1. The van der Waals surface area contributed by atoms with Crippen LogP contribution in [0.4, 0.5) is 0 Å². The summed E-state index contributed by atoms with van der Waals surface area (Å²) in [5.41, 5.74) is 1.09. The van der Waals surface area contributed by atoms with Crippen molar-refractivity contribution < 1.29 is 9.53 Å². The predicted octanol–water partition coefficient (Wildman–Crippen LogP) is 3.11. The van der Waals surface area contributed by atoms with Crippen molar-refractivity contribution in [1.29, 1.82) is 0 Å². The minimum Gasteiger partial charge on any atom is -0.496 e. The number of hydrogen-bond acceptors (Lipinski definition) is 4. The monoisotopic (exact) mass is 332 g/mol. The van der Waals surface area contributed by atoms with E-state index >= 15 is 0 Å². The van der Waals surface area contributed by atoms with Gasteiger partial charge >= 0.3 is 0 Å². The van der Waals surface area contributed by atoms with E-state index in [9.17, 15) is 4.79 Å². The number of thiophene rings is 1. The summed E-state index contributed by atoms with van der Waals surface area (Å²) in [6.07, 6.45) is 0.884. The molecule has 0 aliphatic rings. The number of para-hydroxylation sites is 1. The summed E-state index contributed by atoms with van der Waals surface area (Å²) in [4.78, 5) is 15.4. The number of carbonyl (C=O) groups is 1. The Kier molecular flexibility index (Phi) is 6.62. The van der Waals surface area contributed by atoms with E-state index in [1.165, 1.54) is 4.88 Å². The molecule has 0 fully saturated rings. The molecule has 0 aliphatic carbocycles. The number of methoxy groups -OCH3 is 1. The summed E-state index contributed by atoms with van der Waals surface area (Å²) in [5.74, 6) is 0.899. The normalized spacial score (nSPS) is 12.2. The number of nitrogens with zero attached hydrogens (tertiary/aromatic N) is 1. The fourth-order valence-electron chi connectivity index (χ4n) is 2.45. The maximum atomic E-state index is 12.1. The van der Waals surface area contributed by atoms with Crippen LogP contribution in [-0.4, -0.2) is 38.1 Å². The fourth-order valence-corrected chi connectivity index (χ4v) is 3.16. The summed E-state index contributed by atoms with van der Waals surface area (Å²) in [6, 6.07) is 12.1. The molecule has 124 valence electrons. The zero-order valence-corrected chi connectivity index (χ0v) is 14.7. The molecule has 1 N–H and O–H groups in total. The smallest absolute Gasteiger partial charge is 0.234 e. The largest absolute Gasteiger partial charge is 0.496 e. The molecular formula is C18H24N2O2S. The predicted molar refractivity (Wildman–Crippen MR) is 95.1 cm³/mol. The number of rotatable bonds is 8. The van der Waals surface area contributed by atoms with Crippen molar-refractivity contribution in [1.82, 2.24) is 10.2 Å². The molecule has 1 aromatic carbocycles. The third-order valence-corrected chi connectivity index (χ3v) is 4.85. The molecule has 0 bridgehead atoms. The second-order valence-electron chi connectivity index (χ2n) is 5.51. The lowest BCUT2D eigenvalue weighted by Crippen LogP contribution is -2.37. The van der Waals surface area contributed by atoms with Gasteiger partial charge in [-0.05, 0) is 37.9 Å². The van der Waals surface area contributed by atoms with Gasteiger partial charge < -0.3 is 10.1 Å². The van der Waals surface area contributed by atoms with Crippen LogP contribution in [0.25, 0.3) is 0 Å². The highest BCUT2D eigenvalue weighted by Crippen LogP contribution is 2.27. The van der Waals surface area contributed by atoms with Crippen molar-refractivity contribution in [3.63, 3.8) is 0 Å². The molecule has 5 heteroatoms. The summed E-state index contributed by atoms with van der Waals surface area (Å²) >= 11 is 1.72. The maximum Gasteiger partial charge on any atom is 0.234 e. The molecule has 1 heterocycles. The molecule has 0 spiro atoms. The van der Waals surface area contributed by atoms with Crippen LogP contribution in [0.2, 0.25) is 0 Å². The van der Waals surface area contributed by atoms with Crippen LogP contribution in [0.1, 0.15) is 23.4 Å². The van der Waals surface area contributed by atoms with Crippen molar-refractivity contribution in [3.05, 3.63) is 52.2 Å². The van der Waals surface area contributed by atoms with E-state index in [2.05, 4.69) is 23.7 Å². The van der Waals surface area contributed by atoms with Crippen molar-refractivity contribution in [2.24, 2.45) is 0 Å². The van der Waals surface area contributed by atoms with Gasteiger partial charge in [-0.2, -0.15) is 0 Å². The second kappa shape index (κ2) is 8.70. The molecule has 2 aromatic rings. The molecular weight excluding hydrogens is 308 g/mol. The number of carbonyl (C=O) groups excluding carboxylic acids is 1. The lowest BCUT2D eigenvalue weighted by atomic mass is 10.1. The third kappa shape index (κ3) is 5.08. The highest BCUT2D eigenvalue weighted by molar-refractivity contribution is 7.09. The van der Waals surface area contributed by atoms with Crippen molar-refractivity contribution >= 4 is 17.2 Å². The Morgan fingerprint density at radius 2 is 2.09 bits per heavy atom. The Balaban J connectivity index is 1.82. The first-order chi connectivity index (χ1) is 11.1. The average Bonchev–Trinajstić information content (AvgIpc) is 3.07. The first-order valence-corrected chi connectivity index (χ1v) is 8.62. The van der Waals surface area contributed by atoms with E-state index < -0.39 is 0 Å². The van der Waals surface area contributed by atoms with E-state index in [1.54, 1.807) is 18.4 Å². The summed E-state index contributed by atoms with van der Waals surface area (Å²) in [6.45, 7) is 3.12. The van der Waals surface area contributed by atoms with Gasteiger partial charge in [0.1, 0.15) is 5.75 Å². The Hall–Kier alpha value is -1.85. The van der Waals surface area contributed by atoms with Gasteiger partial charge in [0.05, 0.1) is 13.7 Å². The Labute approximate surface area is 142 Å². The molecule has 0 radical (unpaired) electrons. The summed E-state index contributed by atoms with van der Waals surface area (Å²) in [7, 11) is 3.62. The third-order valence-electron chi connectivity index (χ3n) is 3.92. The molecule has 1 amide bonds. The van der Waals surface area contributed by atoms with Crippen LogP contribution in [-0.2, 0) is 11.2 Å². The van der Waals surface area contributed by atoms with Crippen LogP contribution in [0.15, 0.2) is 41.8 Å². The lowest BCUT2D eigenvalue weighted by Gasteiger charge is -2.25. The minimum atomic E-state index is 0.0470. The van der Waals surface area contributed by atoms with Crippen LogP contribution < -0.4 is 10.1 Å². The van der Waals surface area contributed by atoms with E-state index in [0.29, 0.717) is 13.1 Å². The van der Waals surface area contributed by atoms with Gasteiger partial charge in [0.15, 0.2) is 0 Å². The van der Waals surface area contributed by atoms with Gasteiger partial charge in [0.25, 0.3) is 0 Å². The number of amides is 1. The quantitative estimate of drug-likeness (QED) is 0.807. The van der Waals surface area contributed by atoms with Gasteiger partial charge in [-0.3, -0.25) is 9.69 Å². The van der Waals surface area contributed by atoms with Gasteiger partial charge in [-0.1, -0.05) is 24.3 Å². The average molecular weight is 332 g/mol. The Morgan fingerprint density at radius 1 is 1.30 bits per heavy atom. The van der Waals surface area contributed by atoms with Gasteiger partial charge in [0, 0.05) is 23.0 Å². The minimum absolute atomic E-state index is 0.0470. The van der Waals surface area contributed by atoms with Crippen LogP contribution in [0.5, 0.6) is 5.75 Å². The van der Waals surface area contributed by atoms with Crippen LogP contribution in [0.3, 0.4) is 0 Å². The van der Waals surface area contributed by atoms with Crippen LogP contribution >= 0.6 is 11.3 Å². The van der Waals surface area contributed by atoms with Crippen molar-refractivity contribution in [3.8, 4) is 5.75 Å². The molecule has 0 saturated heterocycles. The van der Waals surface area contributed by atoms with Crippen molar-refractivity contribution in [2.45, 2.75) is 19.4 Å². The Morgan fingerprint density at radius 3 is 2.78 bits per heavy atom. The second-order valence-corrected chi connectivity index (χ2v) is 6.54. The molecule has 0 saturated carbocycles. The van der Waals surface area contributed by atoms with Gasteiger partial charge in [0.2, 0.25) is 5.91 Å². The molecule has 0 aliphatic heterocycles. The molecule has 4 nitrogen and oxygen atoms in total. The van der Waals surface area contributed by atoms with E-state index in [-0.39, 0.29) is 11.9 Å². The number of nitrogens with one attached hydrogen (secondary N) is 1. The summed E-state index contributed by atoms with van der Waals surface area (Å²) in [5, 5.41) is 5.04. The number of ether oxygens (including phenoxy) is 1. The molecule has 1 atom stereocenters. The zero-order valence-electron chi connectivity index (χ0n) is 13.9. The van der Waals surface area contributed by atoms with Gasteiger partial charge in [-0.15, -0.1) is 11.3 Å². The van der Waals surface area contributed by atoms with Crippen molar-refractivity contribution in [2.75, 3.05) is 27.2 Å². The molecule has 2 rings (SSSR count). The first kappa shape index (κ1) is 17.5.